The standard InChI is InChI=1S/C23H26N2O3/c1-14(2)20-12-18(10-11-25(20)23(26)27)17-8-9-19-21(13-17)28-22(24-19)16-6-4-15(3)5-7-16/h4-9,13-14,18,20H,10-12H2,1-3H3,(H,26,27). The van der Waals surface area contributed by atoms with E-state index >= 15 is 0 Å². The first kappa shape index (κ1) is 18.5. The minimum Gasteiger partial charge on any atom is -0.465 e. The van der Waals surface area contributed by atoms with E-state index in [0.29, 0.717) is 24.3 Å². The lowest BCUT2D eigenvalue weighted by Gasteiger charge is -2.40. The molecule has 3 aromatic rings. The maximum Gasteiger partial charge on any atom is 0.407 e. The van der Waals surface area contributed by atoms with Crippen LogP contribution in [0.15, 0.2) is 46.9 Å². The van der Waals surface area contributed by atoms with Crippen molar-refractivity contribution in [2.24, 2.45) is 5.92 Å². The molecule has 0 radical (unpaired) electrons. The normalized spacial score (nSPS) is 20.1. The van der Waals surface area contributed by atoms with Gasteiger partial charge in [0.2, 0.25) is 5.89 Å². The zero-order chi connectivity index (χ0) is 19.8. The van der Waals surface area contributed by atoms with Crippen LogP contribution in [0.25, 0.3) is 22.6 Å². The second-order valence-corrected chi connectivity index (χ2v) is 8.12. The SMILES string of the molecule is Cc1ccc(-c2nc3ccc(C4CCN(C(=O)O)C(C(C)C)C4)cc3o2)cc1. The molecule has 1 amide bonds. The molecule has 2 aromatic carbocycles. The number of aryl methyl sites for hydroxylation is 1. The summed E-state index contributed by atoms with van der Waals surface area (Å²) >= 11 is 0. The van der Waals surface area contributed by atoms with E-state index in [2.05, 4.69) is 50.0 Å². The number of aromatic nitrogens is 1. The summed E-state index contributed by atoms with van der Waals surface area (Å²) in [6, 6.07) is 14.4. The van der Waals surface area contributed by atoms with Crippen molar-refractivity contribution in [3.05, 3.63) is 53.6 Å². The molecule has 28 heavy (non-hydrogen) atoms. The molecule has 1 aliphatic rings. The molecule has 2 atom stereocenters. The van der Waals surface area contributed by atoms with E-state index in [9.17, 15) is 9.90 Å². The summed E-state index contributed by atoms with van der Waals surface area (Å²) in [5.74, 6) is 1.26. The van der Waals surface area contributed by atoms with Gasteiger partial charge in [-0.1, -0.05) is 37.6 Å². The van der Waals surface area contributed by atoms with Crippen molar-refractivity contribution in [1.29, 1.82) is 0 Å². The molecule has 1 N–H and O–H groups in total. The van der Waals surface area contributed by atoms with E-state index in [1.165, 1.54) is 11.1 Å². The van der Waals surface area contributed by atoms with Crippen molar-refractivity contribution >= 4 is 17.2 Å². The number of piperidine rings is 1. The first-order valence-electron chi connectivity index (χ1n) is 9.89. The largest absolute Gasteiger partial charge is 0.465 e. The molecule has 1 fully saturated rings. The highest BCUT2D eigenvalue weighted by molar-refractivity contribution is 5.77. The number of likely N-dealkylation sites (tertiary alicyclic amines) is 1. The van der Waals surface area contributed by atoms with Gasteiger partial charge in [0.1, 0.15) is 5.52 Å². The van der Waals surface area contributed by atoms with Crippen LogP contribution in [0.4, 0.5) is 4.79 Å². The van der Waals surface area contributed by atoms with Crippen molar-refractivity contribution in [2.45, 2.75) is 45.6 Å². The summed E-state index contributed by atoms with van der Waals surface area (Å²) in [7, 11) is 0. The van der Waals surface area contributed by atoms with Crippen LogP contribution >= 0.6 is 0 Å². The molecule has 0 aliphatic carbocycles. The molecule has 0 saturated carbocycles. The van der Waals surface area contributed by atoms with Crippen LogP contribution in [0.2, 0.25) is 0 Å². The molecule has 4 rings (SSSR count). The van der Waals surface area contributed by atoms with Crippen LogP contribution in [0.5, 0.6) is 0 Å². The average Bonchev–Trinajstić information content (AvgIpc) is 3.11. The fraction of sp³-hybridized carbons (Fsp3) is 0.391. The summed E-state index contributed by atoms with van der Waals surface area (Å²) in [6.07, 6.45) is 0.861. The van der Waals surface area contributed by atoms with E-state index in [1.807, 2.05) is 18.2 Å². The third-order valence-corrected chi connectivity index (χ3v) is 5.84. The maximum absolute atomic E-state index is 11.5. The van der Waals surface area contributed by atoms with Crippen LogP contribution in [0, 0.1) is 12.8 Å². The molecule has 5 nitrogen and oxygen atoms in total. The lowest BCUT2D eigenvalue weighted by Crippen LogP contribution is -2.47. The molecule has 146 valence electrons. The number of oxazole rings is 1. The third kappa shape index (κ3) is 3.49. The molecular weight excluding hydrogens is 352 g/mol. The number of fused-ring (bicyclic) bond motifs is 1. The highest BCUT2D eigenvalue weighted by Crippen LogP contribution is 2.36. The Labute approximate surface area is 165 Å². The fourth-order valence-electron chi connectivity index (χ4n) is 4.18. The van der Waals surface area contributed by atoms with Gasteiger partial charge < -0.3 is 14.4 Å². The number of carboxylic acid groups (broad SMARTS) is 1. The summed E-state index contributed by atoms with van der Waals surface area (Å²) < 4.78 is 6.04. The van der Waals surface area contributed by atoms with Gasteiger partial charge in [0, 0.05) is 18.2 Å². The van der Waals surface area contributed by atoms with Crippen molar-refractivity contribution in [3.8, 4) is 11.5 Å². The number of amides is 1. The van der Waals surface area contributed by atoms with Crippen molar-refractivity contribution in [3.63, 3.8) is 0 Å². The lowest BCUT2D eigenvalue weighted by molar-refractivity contribution is 0.0828. The summed E-state index contributed by atoms with van der Waals surface area (Å²) in [4.78, 5) is 17.8. The number of rotatable bonds is 3. The van der Waals surface area contributed by atoms with E-state index in [1.54, 1.807) is 4.90 Å². The summed E-state index contributed by atoms with van der Waals surface area (Å²) in [5.41, 5.74) is 5.01. The van der Waals surface area contributed by atoms with E-state index in [0.717, 1.165) is 29.5 Å². The monoisotopic (exact) mass is 378 g/mol. The maximum atomic E-state index is 11.5. The number of carbonyl (C=O) groups is 1. The topological polar surface area (TPSA) is 66.6 Å². The van der Waals surface area contributed by atoms with E-state index < -0.39 is 6.09 Å². The Hall–Kier alpha value is -2.82. The average molecular weight is 378 g/mol. The molecule has 2 heterocycles. The minimum atomic E-state index is -0.814. The molecule has 1 aliphatic heterocycles. The van der Waals surface area contributed by atoms with Crippen LogP contribution in [-0.2, 0) is 0 Å². The van der Waals surface area contributed by atoms with Gasteiger partial charge in [-0.15, -0.1) is 0 Å². The predicted octanol–water partition coefficient (Wildman–Crippen LogP) is 5.69. The van der Waals surface area contributed by atoms with Crippen LogP contribution in [-0.4, -0.2) is 33.7 Å². The third-order valence-electron chi connectivity index (χ3n) is 5.84. The van der Waals surface area contributed by atoms with Crippen molar-refractivity contribution < 1.29 is 14.3 Å². The second-order valence-electron chi connectivity index (χ2n) is 8.12. The Kier molecular flexibility index (Phi) is 4.84. The Bertz CT molecular complexity index is 991. The zero-order valence-electron chi connectivity index (χ0n) is 16.6. The minimum absolute atomic E-state index is 0.0461. The summed E-state index contributed by atoms with van der Waals surface area (Å²) in [6.45, 7) is 6.82. The lowest BCUT2D eigenvalue weighted by atomic mass is 9.81. The molecule has 1 saturated heterocycles. The molecule has 0 spiro atoms. The van der Waals surface area contributed by atoms with Gasteiger partial charge >= 0.3 is 6.09 Å². The van der Waals surface area contributed by atoms with Crippen LogP contribution < -0.4 is 0 Å². The van der Waals surface area contributed by atoms with Crippen LogP contribution in [0.1, 0.15) is 43.7 Å². The van der Waals surface area contributed by atoms with Gasteiger partial charge in [0.25, 0.3) is 0 Å². The van der Waals surface area contributed by atoms with Crippen molar-refractivity contribution in [1.82, 2.24) is 9.88 Å². The van der Waals surface area contributed by atoms with Gasteiger partial charge in [0.15, 0.2) is 5.58 Å². The number of hydrogen-bond acceptors (Lipinski definition) is 3. The molecule has 2 unspecified atom stereocenters. The highest BCUT2D eigenvalue weighted by atomic mass is 16.4. The quantitative estimate of drug-likeness (QED) is 0.636. The van der Waals surface area contributed by atoms with Gasteiger partial charge in [0.05, 0.1) is 0 Å². The van der Waals surface area contributed by atoms with Gasteiger partial charge in [-0.3, -0.25) is 0 Å². The van der Waals surface area contributed by atoms with Crippen molar-refractivity contribution in [2.75, 3.05) is 6.54 Å². The first-order chi connectivity index (χ1) is 13.4. The molecule has 5 heteroatoms. The van der Waals surface area contributed by atoms with Crippen LogP contribution in [0.3, 0.4) is 0 Å². The molecule has 1 aromatic heterocycles. The Morgan fingerprint density at radius 2 is 1.96 bits per heavy atom. The Morgan fingerprint density at radius 1 is 1.21 bits per heavy atom. The van der Waals surface area contributed by atoms with Gasteiger partial charge in [-0.2, -0.15) is 0 Å². The zero-order valence-corrected chi connectivity index (χ0v) is 16.6. The Morgan fingerprint density at radius 3 is 2.64 bits per heavy atom. The molecule has 0 bridgehead atoms. The number of hydrogen-bond donors (Lipinski definition) is 1. The number of nitrogens with zero attached hydrogens (tertiary/aromatic N) is 2. The fourth-order valence-corrected chi connectivity index (χ4v) is 4.18. The van der Waals surface area contributed by atoms with E-state index in [4.69, 9.17) is 4.42 Å². The first-order valence-corrected chi connectivity index (χ1v) is 9.89. The Balaban J connectivity index is 1.61. The number of benzene rings is 2. The highest BCUT2D eigenvalue weighted by Gasteiger charge is 2.34. The predicted molar refractivity (Wildman–Crippen MR) is 110 cm³/mol. The summed E-state index contributed by atoms with van der Waals surface area (Å²) in [5, 5.41) is 9.49. The van der Waals surface area contributed by atoms with Gasteiger partial charge in [-0.25, -0.2) is 9.78 Å². The smallest absolute Gasteiger partial charge is 0.407 e. The van der Waals surface area contributed by atoms with E-state index in [-0.39, 0.29) is 6.04 Å². The second kappa shape index (κ2) is 7.30. The van der Waals surface area contributed by atoms with Gasteiger partial charge in [-0.05, 0) is 61.4 Å². The molecular formula is C23H26N2O3.